The van der Waals surface area contributed by atoms with Crippen LogP contribution in [0.15, 0.2) is 42.5 Å². The third-order valence-corrected chi connectivity index (χ3v) is 7.79. The quantitative estimate of drug-likeness (QED) is 0.637. The highest BCUT2D eigenvalue weighted by Crippen LogP contribution is 2.29. The molecule has 1 aliphatic heterocycles. The monoisotopic (exact) mass is 473 g/mol. The fourth-order valence-electron chi connectivity index (χ4n) is 4.05. The first-order valence-electron chi connectivity index (χ1n) is 11.1. The molecule has 2 fully saturated rings. The number of amides is 1. The molecule has 2 atom stereocenters. The molecule has 9 heteroatoms. The summed E-state index contributed by atoms with van der Waals surface area (Å²) in [6.45, 7) is 4.70. The summed E-state index contributed by atoms with van der Waals surface area (Å²) in [6, 6.07) is 12.8. The second kappa shape index (κ2) is 9.32. The number of aryl methyl sites for hydroxylation is 2. The molecule has 8 nitrogen and oxygen atoms in total. The molecule has 33 heavy (non-hydrogen) atoms. The topological polar surface area (TPSA) is 88.2 Å². The van der Waals surface area contributed by atoms with Gasteiger partial charge >= 0.3 is 10.2 Å². The van der Waals surface area contributed by atoms with Crippen molar-refractivity contribution in [1.29, 1.82) is 0 Å². The van der Waals surface area contributed by atoms with Gasteiger partial charge in [-0.2, -0.15) is 12.7 Å². The molecule has 0 radical (unpaired) electrons. The Morgan fingerprint density at radius 3 is 2.52 bits per heavy atom. The first-order valence-corrected chi connectivity index (χ1v) is 12.5. The summed E-state index contributed by atoms with van der Waals surface area (Å²) in [7, 11) is -0.428. The standard InChI is InChI=1S/C24H31N3O5S/c1-16-8-9-17(2)21(12-16)24(28)27-14-22(31-4)23(15-27)32-20-7-5-6-18(13-20)25-33(29,30)26(3)19-10-11-19/h5-9,12-13,19,22-23,25H,10-11,14-15H2,1-4H3/t22-,23-/m1/s1. The number of nitrogens with zero attached hydrogens (tertiary/aromatic N) is 2. The van der Waals surface area contributed by atoms with Gasteiger partial charge in [-0.25, -0.2) is 0 Å². The number of hydrogen-bond donors (Lipinski definition) is 1. The highest BCUT2D eigenvalue weighted by atomic mass is 32.2. The molecule has 0 aromatic heterocycles. The number of rotatable bonds is 8. The molecule has 1 amide bonds. The Bertz CT molecular complexity index is 1130. The largest absolute Gasteiger partial charge is 0.486 e. The van der Waals surface area contributed by atoms with Crippen LogP contribution >= 0.6 is 0 Å². The molecule has 1 saturated heterocycles. The molecule has 4 rings (SSSR count). The Morgan fingerprint density at radius 2 is 1.82 bits per heavy atom. The van der Waals surface area contributed by atoms with Gasteiger partial charge in [-0.15, -0.1) is 0 Å². The molecular formula is C24H31N3O5S. The summed E-state index contributed by atoms with van der Waals surface area (Å²) in [4.78, 5) is 14.9. The summed E-state index contributed by atoms with van der Waals surface area (Å²) in [5.41, 5.74) is 3.07. The van der Waals surface area contributed by atoms with Crippen LogP contribution in [0.3, 0.4) is 0 Å². The van der Waals surface area contributed by atoms with Gasteiger partial charge in [0.2, 0.25) is 0 Å². The lowest BCUT2D eigenvalue weighted by molar-refractivity contribution is 0.0340. The van der Waals surface area contributed by atoms with Gasteiger partial charge in [0.05, 0.1) is 18.8 Å². The molecule has 1 saturated carbocycles. The van der Waals surface area contributed by atoms with Crippen LogP contribution in [0.4, 0.5) is 5.69 Å². The zero-order valence-electron chi connectivity index (χ0n) is 19.4. The number of benzene rings is 2. The maximum Gasteiger partial charge on any atom is 0.301 e. The van der Waals surface area contributed by atoms with Crippen molar-refractivity contribution in [2.24, 2.45) is 0 Å². The van der Waals surface area contributed by atoms with Gasteiger partial charge in [-0.3, -0.25) is 9.52 Å². The van der Waals surface area contributed by atoms with E-state index in [-0.39, 0.29) is 24.2 Å². The second-order valence-corrected chi connectivity index (χ2v) is 10.6. The minimum absolute atomic E-state index is 0.0472. The van der Waals surface area contributed by atoms with Crippen LogP contribution in [-0.4, -0.2) is 69.0 Å². The van der Waals surface area contributed by atoms with E-state index in [1.165, 1.54) is 4.31 Å². The molecule has 2 aliphatic rings. The maximum absolute atomic E-state index is 13.1. The number of nitrogens with one attached hydrogen (secondary N) is 1. The molecule has 0 spiro atoms. The van der Waals surface area contributed by atoms with Crippen LogP contribution in [-0.2, 0) is 14.9 Å². The van der Waals surface area contributed by atoms with Crippen LogP contribution in [0.2, 0.25) is 0 Å². The van der Waals surface area contributed by atoms with Crippen LogP contribution in [0, 0.1) is 13.8 Å². The van der Waals surface area contributed by atoms with E-state index in [0.717, 1.165) is 24.0 Å². The lowest BCUT2D eigenvalue weighted by Crippen LogP contribution is -2.34. The van der Waals surface area contributed by atoms with E-state index in [0.29, 0.717) is 30.1 Å². The minimum Gasteiger partial charge on any atom is -0.486 e. The fraction of sp³-hybridized carbons (Fsp3) is 0.458. The normalized spacial score (nSPS) is 20.8. The Hall–Kier alpha value is -2.62. The third kappa shape index (κ3) is 5.31. The van der Waals surface area contributed by atoms with Crippen LogP contribution in [0.1, 0.15) is 34.3 Å². The number of anilines is 1. The van der Waals surface area contributed by atoms with Gasteiger partial charge in [-0.05, 0) is 50.5 Å². The molecule has 2 aromatic carbocycles. The molecule has 1 aliphatic carbocycles. The number of hydrogen-bond acceptors (Lipinski definition) is 5. The third-order valence-electron chi connectivity index (χ3n) is 6.24. The molecule has 0 unspecified atom stereocenters. The van der Waals surface area contributed by atoms with E-state index < -0.39 is 10.2 Å². The highest BCUT2D eigenvalue weighted by molar-refractivity contribution is 7.90. The summed E-state index contributed by atoms with van der Waals surface area (Å²) in [5.74, 6) is 0.464. The smallest absolute Gasteiger partial charge is 0.301 e. The molecule has 178 valence electrons. The number of carbonyl (C=O) groups is 1. The van der Waals surface area contributed by atoms with E-state index in [4.69, 9.17) is 9.47 Å². The van der Waals surface area contributed by atoms with Gasteiger partial charge < -0.3 is 14.4 Å². The van der Waals surface area contributed by atoms with Crippen molar-refractivity contribution in [2.75, 3.05) is 32.0 Å². The van der Waals surface area contributed by atoms with E-state index in [2.05, 4.69) is 4.72 Å². The zero-order chi connectivity index (χ0) is 23.8. The minimum atomic E-state index is -3.62. The first kappa shape index (κ1) is 23.5. The van der Waals surface area contributed by atoms with Crippen molar-refractivity contribution in [3.63, 3.8) is 0 Å². The number of carbonyl (C=O) groups excluding carboxylic acids is 1. The van der Waals surface area contributed by atoms with Crippen LogP contribution < -0.4 is 9.46 Å². The lowest BCUT2D eigenvalue weighted by atomic mass is 10.0. The predicted octanol–water partition coefficient (Wildman–Crippen LogP) is 2.97. The van der Waals surface area contributed by atoms with E-state index in [9.17, 15) is 13.2 Å². The van der Waals surface area contributed by atoms with Crippen molar-refractivity contribution in [1.82, 2.24) is 9.21 Å². The van der Waals surface area contributed by atoms with Crippen molar-refractivity contribution >= 4 is 21.8 Å². The first-order chi connectivity index (χ1) is 15.7. The van der Waals surface area contributed by atoms with E-state index in [1.807, 2.05) is 32.0 Å². The molecule has 2 aromatic rings. The van der Waals surface area contributed by atoms with E-state index in [1.54, 1.807) is 43.3 Å². The van der Waals surface area contributed by atoms with Gasteiger partial charge in [0.1, 0.15) is 18.0 Å². The van der Waals surface area contributed by atoms with Crippen molar-refractivity contribution in [3.8, 4) is 5.75 Å². The average molecular weight is 474 g/mol. The Morgan fingerprint density at radius 1 is 1.09 bits per heavy atom. The van der Waals surface area contributed by atoms with Crippen LogP contribution in [0.25, 0.3) is 0 Å². The SMILES string of the molecule is CO[C@@H]1CN(C(=O)c2cc(C)ccc2C)C[C@H]1Oc1cccc(NS(=O)(=O)N(C)C2CC2)c1. The fourth-order valence-corrected chi connectivity index (χ4v) is 5.22. The summed E-state index contributed by atoms with van der Waals surface area (Å²) >= 11 is 0. The van der Waals surface area contributed by atoms with E-state index >= 15 is 0 Å². The van der Waals surface area contributed by atoms with Gasteiger partial charge in [0.15, 0.2) is 0 Å². The molecule has 1 heterocycles. The van der Waals surface area contributed by atoms with Gasteiger partial charge in [0, 0.05) is 31.8 Å². The van der Waals surface area contributed by atoms with Crippen LogP contribution in [0.5, 0.6) is 5.75 Å². The Labute approximate surface area is 195 Å². The average Bonchev–Trinajstić information content (AvgIpc) is 3.54. The molecule has 1 N–H and O–H groups in total. The van der Waals surface area contributed by atoms with Gasteiger partial charge in [0.25, 0.3) is 5.91 Å². The Balaban J connectivity index is 1.45. The highest BCUT2D eigenvalue weighted by Gasteiger charge is 2.38. The van der Waals surface area contributed by atoms with Crippen molar-refractivity contribution < 1.29 is 22.7 Å². The van der Waals surface area contributed by atoms with Crippen molar-refractivity contribution in [3.05, 3.63) is 59.2 Å². The summed E-state index contributed by atoms with van der Waals surface area (Å²) in [5, 5.41) is 0. The molecular weight excluding hydrogens is 442 g/mol. The van der Waals surface area contributed by atoms with Gasteiger partial charge in [-0.1, -0.05) is 23.8 Å². The predicted molar refractivity (Wildman–Crippen MR) is 127 cm³/mol. The number of ether oxygens (including phenoxy) is 2. The maximum atomic E-state index is 13.1. The molecule has 0 bridgehead atoms. The Kier molecular flexibility index (Phi) is 6.65. The zero-order valence-corrected chi connectivity index (χ0v) is 20.3. The lowest BCUT2D eigenvalue weighted by Gasteiger charge is -2.20. The summed E-state index contributed by atoms with van der Waals surface area (Å²) in [6.07, 6.45) is 1.11. The summed E-state index contributed by atoms with van der Waals surface area (Å²) < 4.78 is 40.8. The second-order valence-electron chi connectivity index (χ2n) is 8.84. The number of methoxy groups -OCH3 is 1. The number of likely N-dealkylation sites (tertiary alicyclic amines) is 1. The van der Waals surface area contributed by atoms with Crippen molar-refractivity contribution in [2.45, 2.75) is 44.9 Å².